The van der Waals surface area contributed by atoms with Gasteiger partial charge in [0.2, 0.25) is 0 Å². The van der Waals surface area contributed by atoms with Gasteiger partial charge < -0.3 is 8.83 Å². The summed E-state index contributed by atoms with van der Waals surface area (Å²) in [5, 5.41) is 8.70. The Morgan fingerprint density at radius 2 is 1.89 bits per heavy atom. The zero-order valence-corrected chi connectivity index (χ0v) is 9.33. The molecule has 0 unspecified atom stereocenters. The molecule has 0 radical (unpaired) electrons. The van der Waals surface area contributed by atoms with Gasteiger partial charge in [0.05, 0.1) is 11.8 Å². The minimum absolute atomic E-state index is 0.525. The molecule has 0 N–H and O–H groups in total. The minimum atomic E-state index is 0.525. The Hall–Kier alpha value is -2.80. The van der Waals surface area contributed by atoms with Crippen molar-refractivity contribution in [1.82, 2.24) is 4.98 Å². The number of furan rings is 2. The summed E-state index contributed by atoms with van der Waals surface area (Å²) < 4.78 is 10.9. The normalized spacial score (nSPS) is 10.2. The molecule has 0 bridgehead atoms. The molecule has 4 heteroatoms. The average molecular weight is 236 g/mol. The second kappa shape index (κ2) is 4.22. The highest BCUT2D eigenvalue weighted by Gasteiger charge is 2.09. The molecule has 0 saturated carbocycles. The van der Waals surface area contributed by atoms with Crippen LogP contribution in [-0.2, 0) is 0 Å². The molecule has 3 aromatic rings. The molecule has 18 heavy (non-hydrogen) atoms. The molecule has 0 amide bonds. The highest BCUT2D eigenvalue weighted by Crippen LogP contribution is 2.27. The van der Waals surface area contributed by atoms with Crippen molar-refractivity contribution in [3.8, 4) is 29.0 Å². The van der Waals surface area contributed by atoms with Crippen molar-refractivity contribution >= 4 is 0 Å². The second-order valence-electron chi connectivity index (χ2n) is 3.69. The standard InChI is InChI=1S/C14H8N2O2/c15-8-10-3-4-11(16-9-10)12-5-6-14(18-12)13-2-1-7-17-13/h1-7,9H. The van der Waals surface area contributed by atoms with Crippen LogP contribution in [0.5, 0.6) is 0 Å². The van der Waals surface area contributed by atoms with Crippen LogP contribution in [0.1, 0.15) is 5.56 Å². The Morgan fingerprint density at radius 1 is 1.00 bits per heavy atom. The lowest BCUT2D eigenvalue weighted by Gasteiger charge is -1.95. The average Bonchev–Trinajstić information content (AvgIpc) is 3.09. The number of pyridine rings is 1. The maximum atomic E-state index is 8.70. The first kappa shape index (κ1) is 10.4. The molecule has 0 spiro atoms. The van der Waals surface area contributed by atoms with Crippen LogP contribution < -0.4 is 0 Å². The van der Waals surface area contributed by atoms with Crippen molar-refractivity contribution in [3.63, 3.8) is 0 Å². The molecule has 4 nitrogen and oxygen atoms in total. The highest BCUT2D eigenvalue weighted by atomic mass is 16.4. The van der Waals surface area contributed by atoms with Crippen molar-refractivity contribution < 1.29 is 8.83 Å². The number of rotatable bonds is 2. The molecule has 3 aromatic heterocycles. The Morgan fingerprint density at radius 3 is 2.56 bits per heavy atom. The van der Waals surface area contributed by atoms with Gasteiger partial charge in [-0.25, -0.2) is 0 Å². The van der Waals surface area contributed by atoms with E-state index in [0.29, 0.717) is 28.5 Å². The maximum absolute atomic E-state index is 8.70. The zero-order valence-electron chi connectivity index (χ0n) is 9.33. The fourth-order valence-electron chi connectivity index (χ4n) is 1.63. The van der Waals surface area contributed by atoms with Gasteiger partial charge in [0.1, 0.15) is 11.8 Å². The molecule has 0 aromatic carbocycles. The van der Waals surface area contributed by atoms with E-state index >= 15 is 0 Å². The summed E-state index contributed by atoms with van der Waals surface area (Å²) in [7, 11) is 0. The summed E-state index contributed by atoms with van der Waals surface area (Å²) in [6, 6.07) is 12.8. The number of aromatic nitrogens is 1. The van der Waals surface area contributed by atoms with Crippen molar-refractivity contribution in [2.24, 2.45) is 0 Å². The third-order valence-electron chi connectivity index (χ3n) is 2.52. The fraction of sp³-hybridized carbons (Fsp3) is 0. The Bertz CT molecular complexity index is 688. The van der Waals surface area contributed by atoms with E-state index in [1.165, 1.54) is 6.20 Å². The van der Waals surface area contributed by atoms with E-state index in [0.717, 1.165) is 0 Å². The van der Waals surface area contributed by atoms with Gasteiger partial charge in [-0.2, -0.15) is 5.26 Å². The highest BCUT2D eigenvalue weighted by molar-refractivity contribution is 5.59. The SMILES string of the molecule is N#Cc1ccc(-c2ccc(-c3ccco3)o2)nc1. The first-order valence-electron chi connectivity index (χ1n) is 5.37. The van der Waals surface area contributed by atoms with E-state index in [2.05, 4.69) is 4.98 Å². The predicted octanol–water partition coefficient (Wildman–Crippen LogP) is 3.47. The van der Waals surface area contributed by atoms with E-state index in [1.54, 1.807) is 24.5 Å². The van der Waals surface area contributed by atoms with Crippen molar-refractivity contribution in [3.05, 3.63) is 54.4 Å². The monoisotopic (exact) mass is 236 g/mol. The van der Waals surface area contributed by atoms with E-state index < -0.39 is 0 Å². The van der Waals surface area contributed by atoms with Crippen LogP contribution in [0.2, 0.25) is 0 Å². The fourth-order valence-corrected chi connectivity index (χ4v) is 1.63. The molecule has 3 rings (SSSR count). The smallest absolute Gasteiger partial charge is 0.170 e. The van der Waals surface area contributed by atoms with Gasteiger partial charge in [0.25, 0.3) is 0 Å². The summed E-state index contributed by atoms with van der Waals surface area (Å²) in [6.07, 6.45) is 3.11. The number of hydrogen-bond acceptors (Lipinski definition) is 4. The van der Waals surface area contributed by atoms with Gasteiger partial charge in [-0.05, 0) is 36.4 Å². The van der Waals surface area contributed by atoms with E-state index in [4.69, 9.17) is 14.1 Å². The van der Waals surface area contributed by atoms with Crippen LogP contribution in [0.15, 0.2) is 57.7 Å². The van der Waals surface area contributed by atoms with Crippen LogP contribution in [0.25, 0.3) is 23.0 Å². The molecule has 0 fully saturated rings. The summed E-state index contributed by atoms with van der Waals surface area (Å²) in [4.78, 5) is 4.17. The van der Waals surface area contributed by atoms with Crippen molar-refractivity contribution in [1.29, 1.82) is 5.26 Å². The van der Waals surface area contributed by atoms with E-state index in [9.17, 15) is 0 Å². The van der Waals surface area contributed by atoms with Gasteiger partial charge in [0.15, 0.2) is 17.3 Å². The largest absolute Gasteiger partial charge is 0.461 e. The van der Waals surface area contributed by atoms with Crippen LogP contribution in [0.4, 0.5) is 0 Å². The van der Waals surface area contributed by atoms with Gasteiger partial charge >= 0.3 is 0 Å². The molecular weight excluding hydrogens is 228 g/mol. The predicted molar refractivity (Wildman–Crippen MR) is 64.4 cm³/mol. The van der Waals surface area contributed by atoms with Crippen LogP contribution >= 0.6 is 0 Å². The van der Waals surface area contributed by atoms with Crippen LogP contribution in [-0.4, -0.2) is 4.98 Å². The maximum Gasteiger partial charge on any atom is 0.170 e. The van der Waals surface area contributed by atoms with Gasteiger partial charge in [-0.1, -0.05) is 0 Å². The van der Waals surface area contributed by atoms with Gasteiger partial charge in [-0.15, -0.1) is 0 Å². The Balaban J connectivity index is 1.95. The lowest BCUT2D eigenvalue weighted by molar-refractivity contribution is 0.530. The Kier molecular flexibility index (Phi) is 2.43. The summed E-state index contributed by atoms with van der Waals surface area (Å²) in [5.41, 5.74) is 1.21. The molecule has 3 heterocycles. The molecular formula is C14H8N2O2. The molecule has 0 saturated heterocycles. The lowest BCUT2D eigenvalue weighted by Crippen LogP contribution is -1.82. The summed E-state index contributed by atoms with van der Waals surface area (Å²) in [6.45, 7) is 0. The topological polar surface area (TPSA) is 63.0 Å². The molecule has 0 atom stereocenters. The lowest BCUT2D eigenvalue weighted by atomic mass is 10.2. The third-order valence-corrected chi connectivity index (χ3v) is 2.52. The first-order valence-corrected chi connectivity index (χ1v) is 5.37. The number of nitrogens with zero attached hydrogens (tertiary/aromatic N) is 2. The molecule has 0 aliphatic rings. The van der Waals surface area contributed by atoms with Crippen LogP contribution in [0, 0.1) is 11.3 Å². The van der Waals surface area contributed by atoms with Crippen molar-refractivity contribution in [2.75, 3.05) is 0 Å². The first-order chi connectivity index (χ1) is 8.86. The van der Waals surface area contributed by atoms with E-state index in [-0.39, 0.29) is 0 Å². The minimum Gasteiger partial charge on any atom is -0.461 e. The van der Waals surface area contributed by atoms with Gasteiger partial charge in [-0.3, -0.25) is 4.98 Å². The second-order valence-corrected chi connectivity index (χ2v) is 3.69. The Labute approximate surface area is 103 Å². The number of nitriles is 1. The van der Waals surface area contributed by atoms with Crippen molar-refractivity contribution in [2.45, 2.75) is 0 Å². The summed E-state index contributed by atoms with van der Waals surface area (Å²) in [5.74, 6) is 1.97. The third kappa shape index (κ3) is 1.78. The molecule has 0 aliphatic carbocycles. The van der Waals surface area contributed by atoms with Gasteiger partial charge in [0, 0.05) is 6.20 Å². The number of hydrogen-bond donors (Lipinski definition) is 0. The summed E-state index contributed by atoms with van der Waals surface area (Å²) >= 11 is 0. The molecule has 86 valence electrons. The zero-order chi connectivity index (χ0) is 12.4. The van der Waals surface area contributed by atoms with E-state index in [1.807, 2.05) is 24.3 Å². The quantitative estimate of drug-likeness (QED) is 0.683. The van der Waals surface area contributed by atoms with Crippen LogP contribution in [0.3, 0.4) is 0 Å². The molecule has 0 aliphatic heterocycles.